The fraction of sp³-hybridized carbons (Fsp3) is 0.400. The average molecular weight is 334 g/mol. The number of benzene rings is 1. The van der Waals surface area contributed by atoms with Crippen molar-refractivity contribution in [2.75, 3.05) is 19.7 Å². The molecule has 8 nitrogen and oxygen atoms in total. The predicted molar refractivity (Wildman–Crippen MR) is 80.9 cm³/mol. The van der Waals surface area contributed by atoms with Gasteiger partial charge in [0.25, 0.3) is 11.8 Å². The van der Waals surface area contributed by atoms with Gasteiger partial charge >= 0.3 is 5.97 Å². The monoisotopic (exact) mass is 334 g/mol. The Balaban J connectivity index is 1.87. The normalized spacial score (nSPS) is 15.5. The molecule has 0 aromatic heterocycles. The van der Waals surface area contributed by atoms with Crippen molar-refractivity contribution in [2.45, 2.75) is 19.0 Å². The van der Waals surface area contributed by atoms with Crippen molar-refractivity contribution in [1.82, 2.24) is 4.90 Å². The van der Waals surface area contributed by atoms with Crippen LogP contribution in [0.25, 0.3) is 10.4 Å². The van der Waals surface area contributed by atoms with E-state index in [9.17, 15) is 18.8 Å². The molecular formula is C15H15FN4O4. The van der Waals surface area contributed by atoms with Crippen LogP contribution in [0.2, 0.25) is 0 Å². The van der Waals surface area contributed by atoms with E-state index in [4.69, 9.17) is 10.3 Å². The number of imide groups is 1. The van der Waals surface area contributed by atoms with E-state index >= 15 is 0 Å². The predicted octanol–water partition coefficient (Wildman–Crippen LogP) is 2.25. The average Bonchev–Trinajstić information content (AvgIpc) is 2.78. The smallest absolute Gasteiger partial charge is 0.326 e. The van der Waals surface area contributed by atoms with E-state index in [0.717, 1.165) is 4.90 Å². The molecule has 1 aromatic rings. The molecule has 1 heterocycles. The van der Waals surface area contributed by atoms with E-state index in [-0.39, 0.29) is 30.7 Å². The van der Waals surface area contributed by atoms with Crippen LogP contribution < -0.4 is 0 Å². The zero-order valence-corrected chi connectivity index (χ0v) is 12.9. The molecule has 1 unspecified atom stereocenters. The van der Waals surface area contributed by atoms with Crippen molar-refractivity contribution in [3.05, 3.63) is 45.8 Å². The number of alkyl halides is 1. The second-order valence-electron chi connectivity index (χ2n) is 5.51. The highest BCUT2D eigenvalue weighted by Gasteiger charge is 2.36. The van der Waals surface area contributed by atoms with E-state index in [2.05, 4.69) is 10.0 Å². The summed E-state index contributed by atoms with van der Waals surface area (Å²) in [5.74, 6) is -1.94. The number of carbonyl (C=O) groups is 3. The summed E-state index contributed by atoms with van der Waals surface area (Å²) in [6, 6.07) is 6.26. The quantitative estimate of drug-likeness (QED) is 0.250. The van der Waals surface area contributed by atoms with Gasteiger partial charge < -0.3 is 4.74 Å². The molecule has 0 radical (unpaired) electrons. The highest BCUT2D eigenvalue weighted by atomic mass is 19.1. The molecule has 24 heavy (non-hydrogen) atoms. The van der Waals surface area contributed by atoms with Crippen molar-refractivity contribution >= 4 is 17.8 Å². The molecule has 0 N–H and O–H groups in total. The minimum absolute atomic E-state index is 0.167. The minimum atomic E-state index is -1.80. The summed E-state index contributed by atoms with van der Waals surface area (Å²) < 4.78 is 18.7. The molecule has 0 spiro atoms. The number of carbonyl (C=O) groups excluding carboxylic acids is 3. The Kier molecular flexibility index (Phi) is 5.15. The molecule has 0 aliphatic carbocycles. The molecule has 1 aliphatic heterocycles. The number of amides is 2. The molecule has 9 heteroatoms. The first-order valence-corrected chi connectivity index (χ1v) is 7.16. The van der Waals surface area contributed by atoms with Gasteiger partial charge in [0.15, 0.2) is 0 Å². The van der Waals surface area contributed by atoms with E-state index in [1.807, 2.05) is 0 Å². The van der Waals surface area contributed by atoms with Crippen LogP contribution >= 0.6 is 0 Å². The molecule has 1 aliphatic rings. The van der Waals surface area contributed by atoms with Crippen LogP contribution in [-0.2, 0) is 9.53 Å². The number of fused-ring (bicyclic) bond motifs is 1. The number of nitrogens with zero attached hydrogens (tertiary/aromatic N) is 4. The summed E-state index contributed by atoms with van der Waals surface area (Å²) in [5.41, 5.74) is 6.83. The zero-order chi connectivity index (χ0) is 17.7. The van der Waals surface area contributed by atoms with Crippen molar-refractivity contribution in [2.24, 2.45) is 5.11 Å². The molecule has 1 aromatic carbocycles. The van der Waals surface area contributed by atoms with E-state index in [0.29, 0.717) is 0 Å². The molecule has 2 rings (SSSR count). The fourth-order valence-corrected chi connectivity index (χ4v) is 2.19. The summed E-state index contributed by atoms with van der Waals surface area (Å²) in [6.07, 6.45) is -0.167. The third kappa shape index (κ3) is 3.88. The second-order valence-corrected chi connectivity index (χ2v) is 5.51. The van der Waals surface area contributed by atoms with Crippen LogP contribution in [0, 0.1) is 0 Å². The van der Waals surface area contributed by atoms with Gasteiger partial charge in [0.05, 0.1) is 24.3 Å². The van der Waals surface area contributed by atoms with Gasteiger partial charge in [-0.05, 0) is 24.6 Å². The van der Waals surface area contributed by atoms with Crippen LogP contribution in [0.15, 0.2) is 29.4 Å². The Hall–Kier alpha value is -2.93. The molecule has 0 fully saturated rings. The maximum Gasteiger partial charge on any atom is 0.326 e. The van der Waals surface area contributed by atoms with Gasteiger partial charge in [-0.1, -0.05) is 17.2 Å². The molecule has 1 atom stereocenters. The van der Waals surface area contributed by atoms with Crippen LogP contribution in [0.1, 0.15) is 34.1 Å². The van der Waals surface area contributed by atoms with E-state index < -0.39 is 30.0 Å². The number of hydrogen-bond donors (Lipinski definition) is 0. The molecule has 2 amide bonds. The van der Waals surface area contributed by atoms with Crippen LogP contribution in [0.3, 0.4) is 0 Å². The van der Waals surface area contributed by atoms with E-state index in [1.165, 1.54) is 19.1 Å². The number of rotatable bonds is 7. The first-order valence-electron chi connectivity index (χ1n) is 7.16. The minimum Gasteiger partial charge on any atom is -0.464 e. The van der Waals surface area contributed by atoms with Crippen molar-refractivity contribution in [1.29, 1.82) is 0 Å². The largest absolute Gasteiger partial charge is 0.464 e. The Morgan fingerprint density at radius 1 is 1.33 bits per heavy atom. The number of halogens is 1. The highest BCUT2D eigenvalue weighted by Crippen LogP contribution is 2.22. The number of esters is 1. The molecule has 0 saturated carbocycles. The number of azide groups is 1. The van der Waals surface area contributed by atoms with Crippen LogP contribution in [0.5, 0.6) is 0 Å². The lowest BCUT2D eigenvalue weighted by molar-refractivity contribution is -0.144. The lowest BCUT2D eigenvalue weighted by Crippen LogP contribution is -2.36. The summed E-state index contributed by atoms with van der Waals surface area (Å²) >= 11 is 0. The zero-order valence-electron chi connectivity index (χ0n) is 12.9. The standard InChI is InChI=1S/C15H15FN4O4/c1-15(16,9-18-19-17)6-7-24-12(21)8-20-13(22)10-4-2-3-5-11(10)14(20)23/h2-5H,6-9H2,1H3. The number of ether oxygens (including phenoxy) is 1. The highest BCUT2D eigenvalue weighted by molar-refractivity contribution is 6.22. The van der Waals surface area contributed by atoms with Crippen molar-refractivity contribution in [3.8, 4) is 0 Å². The maximum absolute atomic E-state index is 13.9. The van der Waals surface area contributed by atoms with Crippen molar-refractivity contribution < 1.29 is 23.5 Å². The first-order chi connectivity index (χ1) is 11.4. The molecular weight excluding hydrogens is 319 g/mol. The first kappa shape index (κ1) is 17.4. The van der Waals surface area contributed by atoms with Gasteiger partial charge in [-0.2, -0.15) is 0 Å². The Morgan fingerprint density at radius 2 is 1.92 bits per heavy atom. The Bertz CT molecular complexity index is 693. The summed E-state index contributed by atoms with van der Waals surface area (Å²) in [6.45, 7) is 0.0563. The van der Waals surface area contributed by atoms with Gasteiger partial charge in [0, 0.05) is 11.3 Å². The lowest BCUT2D eigenvalue weighted by Gasteiger charge is -2.18. The maximum atomic E-state index is 13.9. The summed E-state index contributed by atoms with van der Waals surface area (Å²) in [5, 5.41) is 3.13. The number of hydrogen-bond acceptors (Lipinski definition) is 5. The van der Waals surface area contributed by atoms with Crippen LogP contribution in [-0.4, -0.2) is 48.0 Å². The third-order valence-corrected chi connectivity index (χ3v) is 3.52. The third-order valence-electron chi connectivity index (χ3n) is 3.52. The van der Waals surface area contributed by atoms with Gasteiger partial charge in [0.2, 0.25) is 0 Å². The SMILES string of the molecule is CC(F)(CCOC(=O)CN1C(=O)c2ccccc2C1=O)CN=[N+]=[N-]. The van der Waals surface area contributed by atoms with E-state index in [1.54, 1.807) is 12.1 Å². The molecule has 0 bridgehead atoms. The Morgan fingerprint density at radius 3 is 2.46 bits per heavy atom. The molecule has 0 saturated heterocycles. The topological polar surface area (TPSA) is 112 Å². The van der Waals surface area contributed by atoms with Gasteiger partial charge in [-0.25, -0.2) is 4.39 Å². The molecule has 126 valence electrons. The van der Waals surface area contributed by atoms with Crippen LogP contribution in [0.4, 0.5) is 4.39 Å². The summed E-state index contributed by atoms with van der Waals surface area (Å²) in [4.78, 5) is 39.2. The Labute approximate surface area is 136 Å². The second kappa shape index (κ2) is 7.10. The fourth-order valence-electron chi connectivity index (χ4n) is 2.19. The van der Waals surface area contributed by atoms with Gasteiger partial charge in [-0.15, -0.1) is 0 Å². The van der Waals surface area contributed by atoms with Gasteiger partial charge in [0.1, 0.15) is 12.2 Å². The lowest BCUT2D eigenvalue weighted by atomic mass is 10.1. The van der Waals surface area contributed by atoms with Gasteiger partial charge in [-0.3, -0.25) is 19.3 Å². The van der Waals surface area contributed by atoms with Crippen molar-refractivity contribution in [3.63, 3.8) is 0 Å². The summed E-state index contributed by atoms with van der Waals surface area (Å²) in [7, 11) is 0.